The van der Waals surface area contributed by atoms with Gasteiger partial charge in [0.2, 0.25) is 23.0 Å². The van der Waals surface area contributed by atoms with Crippen molar-refractivity contribution in [1.29, 1.82) is 0 Å². The van der Waals surface area contributed by atoms with Crippen molar-refractivity contribution in [2.75, 3.05) is 33.2 Å². The largest absolute Gasteiger partial charge is 0.493 e. The fraction of sp³-hybridized carbons (Fsp3) is 0.312. The fourth-order valence-corrected chi connectivity index (χ4v) is 5.62. The van der Waals surface area contributed by atoms with E-state index in [0.29, 0.717) is 41.2 Å². The second-order valence-electron chi connectivity index (χ2n) is 10.3. The third-order valence-electron chi connectivity index (χ3n) is 7.68. The highest BCUT2D eigenvalue weighted by Crippen LogP contribution is 2.50. The zero-order chi connectivity index (χ0) is 30.7. The number of amides is 2. The number of para-hydroxylation sites is 2. The maximum Gasteiger partial charge on any atom is 0.239 e. The van der Waals surface area contributed by atoms with Gasteiger partial charge in [0, 0.05) is 19.5 Å². The Morgan fingerprint density at radius 1 is 1.02 bits per heavy atom. The van der Waals surface area contributed by atoms with Crippen LogP contribution in [-0.2, 0) is 29.6 Å². The molecule has 2 amide bonds. The summed E-state index contributed by atoms with van der Waals surface area (Å²) >= 11 is 0. The van der Waals surface area contributed by atoms with Crippen LogP contribution in [0.25, 0.3) is 22.2 Å². The van der Waals surface area contributed by atoms with Crippen molar-refractivity contribution in [3.05, 3.63) is 75.7 Å². The Hall–Kier alpha value is -5.06. The quantitative estimate of drug-likeness (QED) is 0.272. The number of nitrogens with zero attached hydrogens (tertiary/aromatic N) is 2. The number of ether oxygens (including phenoxy) is 3. The van der Waals surface area contributed by atoms with Crippen LogP contribution in [0.5, 0.6) is 17.2 Å². The highest BCUT2D eigenvalue weighted by atomic mass is 16.5. The van der Waals surface area contributed by atoms with E-state index in [1.807, 2.05) is 48.0 Å². The molecule has 5 rings (SSSR count). The van der Waals surface area contributed by atoms with Crippen LogP contribution >= 0.6 is 0 Å². The Bertz CT molecular complexity index is 1770. The number of methoxy groups -OCH3 is 3. The van der Waals surface area contributed by atoms with Crippen molar-refractivity contribution in [3.63, 3.8) is 0 Å². The number of anilines is 1. The lowest BCUT2D eigenvalue weighted by Crippen LogP contribution is -2.31. The van der Waals surface area contributed by atoms with E-state index in [9.17, 15) is 14.4 Å². The Morgan fingerprint density at radius 2 is 1.79 bits per heavy atom. The molecule has 1 heterocycles. The highest BCUT2D eigenvalue weighted by Gasteiger charge is 2.29. The molecule has 224 valence electrons. The average molecular weight is 586 g/mol. The number of aryl methyl sites for hydroxylation is 2. The molecule has 1 unspecified atom stereocenters. The standard InChI is InChI=1S/C32H35N5O6/c1-18(38)35-22-12-10-19-14-27(41-3)31(42-4)32(43-5)30(19)20-11-13-24(26(39)15-21(20)22)33-17-29(40)34-16-28-36-23-8-6-7-9-25(23)37(28)2/h6-9,11,13-15,22H,10,12,16-17H2,1-5H3,(H,33,39)(H,34,40)(H,35,38). The van der Waals surface area contributed by atoms with E-state index in [0.717, 1.165) is 28.0 Å². The summed E-state index contributed by atoms with van der Waals surface area (Å²) in [4.78, 5) is 43.0. The van der Waals surface area contributed by atoms with Crippen LogP contribution in [0.15, 0.2) is 53.3 Å². The number of aromatic nitrogens is 2. The Balaban J connectivity index is 1.46. The topological polar surface area (TPSA) is 133 Å². The van der Waals surface area contributed by atoms with E-state index < -0.39 is 6.04 Å². The van der Waals surface area contributed by atoms with Crippen LogP contribution in [0.4, 0.5) is 5.69 Å². The van der Waals surface area contributed by atoms with Gasteiger partial charge in [-0.1, -0.05) is 18.2 Å². The predicted octanol–water partition coefficient (Wildman–Crippen LogP) is 3.48. The van der Waals surface area contributed by atoms with Crippen molar-refractivity contribution < 1.29 is 23.8 Å². The first kappa shape index (κ1) is 29.4. The van der Waals surface area contributed by atoms with Gasteiger partial charge in [-0.05, 0) is 59.9 Å². The monoisotopic (exact) mass is 585 g/mol. The minimum absolute atomic E-state index is 0.117. The third kappa shape index (κ3) is 5.83. The van der Waals surface area contributed by atoms with Gasteiger partial charge in [0.15, 0.2) is 11.5 Å². The summed E-state index contributed by atoms with van der Waals surface area (Å²) in [6, 6.07) is 14.2. The molecule has 0 fully saturated rings. The fourth-order valence-electron chi connectivity index (χ4n) is 5.62. The molecule has 0 aliphatic heterocycles. The van der Waals surface area contributed by atoms with Gasteiger partial charge in [-0.25, -0.2) is 4.98 Å². The van der Waals surface area contributed by atoms with Crippen LogP contribution in [0, 0.1) is 0 Å². The van der Waals surface area contributed by atoms with Crippen LogP contribution in [0.2, 0.25) is 0 Å². The molecule has 11 heteroatoms. The number of nitrogens with one attached hydrogen (secondary N) is 3. The summed E-state index contributed by atoms with van der Waals surface area (Å²) in [6.45, 7) is 1.57. The number of rotatable bonds is 9. The van der Waals surface area contributed by atoms with Gasteiger partial charge in [0.25, 0.3) is 0 Å². The number of benzene rings is 2. The molecule has 0 saturated carbocycles. The van der Waals surface area contributed by atoms with Crippen molar-refractivity contribution in [2.45, 2.75) is 32.4 Å². The van der Waals surface area contributed by atoms with Gasteiger partial charge in [-0.2, -0.15) is 0 Å². The maximum atomic E-state index is 13.5. The van der Waals surface area contributed by atoms with Gasteiger partial charge >= 0.3 is 0 Å². The van der Waals surface area contributed by atoms with E-state index in [4.69, 9.17) is 14.2 Å². The van der Waals surface area contributed by atoms with Crippen molar-refractivity contribution >= 4 is 28.5 Å². The van der Waals surface area contributed by atoms with E-state index in [1.54, 1.807) is 20.3 Å². The molecule has 1 aliphatic carbocycles. The molecular weight excluding hydrogens is 550 g/mol. The van der Waals surface area contributed by atoms with E-state index in [-0.39, 0.29) is 36.0 Å². The van der Waals surface area contributed by atoms with Crippen molar-refractivity contribution in [1.82, 2.24) is 20.2 Å². The number of hydrogen-bond donors (Lipinski definition) is 3. The lowest BCUT2D eigenvalue weighted by molar-refractivity contribution is -0.120. The van der Waals surface area contributed by atoms with E-state index in [2.05, 4.69) is 20.9 Å². The van der Waals surface area contributed by atoms with Crippen molar-refractivity contribution in [3.8, 4) is 28.4 Å². The second-order valence-corrected chi connectivity index (χ2v) is 10.3. The van der Waals surface area contributed by atoms with Crippen LogP contribution in [0.1, 0.15) is 36.3 Å². The number of carbonyl (C=O) groups excluding carboxylic acids is 2. The molecule has 11 nitrogen and oxygen atoms in total. The smallest absolute Gasteiger partial charge is 0.239 e. The molecule has 0 spiro atoms. The number of carbonyl (C=O) groups is 2. The highest BCUT2D eigenvalue weighted by molar-refractivity contribution is 5.84. The van der Waals surface area contributed by atoms with E-state index >= 15 is 0 Å². The molecule has 3 N–H and O–H groups in total. The zero-order valence-corrected chi connectivity index (χ0v) is 24.9. The molecule has 1 aromatic heterocycles. The lowest BCUT2D eigenvalue weighted by atomic mass is 9.95. The number of hydrogen-bond acceptors (Lipinski definition) is 8. The van der Waals surface area contributed by atoms with Gasteiger partial charge in [0.1, 0.15) is 5.82 Å². The van der Waals surface area contributed by atoms with Crippen LogP contribution in [0.3, 0.4) is 0 Å². The molecule has 1 aliphatic rings. The minimum atomic E-state index is -0.425. The molecular formula is C32H35N5O6. The summed E-state index contributed by atoms with van der Waals surface area (Å²) in [7, 11) is 6.55. The normalized spacial score (nSPS) is 13.7. The van der Waals surface area contributed by atoms with Crippen LogP contribution < -0.4 is 35.6 Å². The third-order valence-corrected chi connectivity index (χ3v) is 7.68. The summed E-state index contributed by atoms with van der Waals surface area (Å²) in [5, 5.41) is 8.84. The zero-order valence-electron chi connectivity index (χ0n) is 24.9. The number of imidazole rings is 1. The molecule has 43 heavy (non-hydrogen) atoms. The summed E-state index contributed by atoms with van der Waals surface area (Å²) in [5.74, 6) is 1.64. The molecule has 4 aromatic rings. The molecule has 0 saturated heterocycles. The average Bonchev–Trinajstić information content (AvgIpc) is 3.13. The van der Waals surface area contributed by atoms with Gasteiger partial charge in [0.05, 0.1) is 57.2 Å². The predicted molar refractivity (Wildman–Crippen MR) is 164 cm³/mol. The van der Waals surface area contributed by atoms with E-state index in [1.165, 1.54) is 20.1 Å². The minimum Gasteiger partial charge on any atom is -0.493 e. The summed E-state index contributed by atoms with van der Waals surface area (Å²) < 4.78 is 19.0. The van der Waals surface area contributed by atoms with Crippen LogP contribution in [-0.4, -0.2) is 49.2 Å². The summed E-state index contributed by atoms with van der Waals surface area (Å²) in [6.07, 6.45) is 1.15. The van der Waals surface area contributed by atoms with Crippen molar-refractivity contribution in [2.24, 2.45) is 7.05 Å². The molecule has 1 atom stereocenters. The molecule has 0 radical (unpaired) electrons. The maximum absolute atomic E-state index is 13.5. The van der Waals surface area contributed by atoms with Gasteiger partial charge in [-0.3, -0.25) is 14.4 Å². The Labute approximate surface area is 249 Å². The first-order chi connectivity index (χ1) is 20.7. The second kappa shape index (κ2) is 12.4. The molecule has 0 bridgehead atoms. The first-order valence-electron chi connectivity index (χ1n) is 13.9. The Kier molecular flexibility index (Phi) is 8.51. The number of fused-ring (bicyclic) bond motifs is 4. The lowest BCUT2D eigenvalue weighted by Gasteiger charge is -2.19. The Morgan fingerprint density at radius 3 is 2.49 bits per heavy atom. The van der Waals surface area contributed by atoms with Gasteiger partial charge < -0.3 is 34.7 Å². The molecule has 3 aromatic carbocycles. The van der Waals surface area contributed by atoms with Gasteiger partial charge in [-0.15, -0.1) is 0 Å². The first-order valence-corrected chi connectivity index (χ1v) is 13.9. The SMILES string of the molecule is COc1cc2c(c(OC)c1OC)-c1ccc(NCC(=O)NCc3nc4ccccc4n3C)c(=O)cc1C(NC(C)=O)CC2. The summed E-state index contributed by atoms with van der Waals surface area (Å²) in [5.41, 5.74) is 4.79.